The molecule has 0 aromatic carbocycles. The van der Waals surface area contributed by atoms with Gasteiger partial charge in [-0.2, -0.15) is 0 Å². The van der Waals surface area contributed by atoms with Crippen molar-refractivity contribution in [2.75, 3.05) is 13.1 Å². The Kier molecular flexibility index (Phi) is 3.20. The first kappa shape index (κ1) is 13.6. The molecule has 5 aliphatic rings. The van der Waals surface area contributed by atoms with Gasteiger partial charge in [-0.3, -0.25) is 4.90 Å². The lowest BCUT2D eigenvalue weighted by Crippen LogP contribution is -2.68. The van der Waals surface area contributed by atoms with E-state index >= 15 is 0 Å². The number of nitrogens with one attached hydrogen (secondary N) is 1. The highest BCUT2D eigenvalue weighted by molar-refractivity contribution is 5.09. The highest BCUT2D eigenvalue weighted by atomic mass is 15.3. The molecule has 5 rings (SSSR count). The fourth-order valence-electron chi connectivity index (χ4n) is 6.41. The highest BCUT2D eigenvalue weighted by Gasteiger charge is 2.54. The smallest absolute Gasteiger partial charge is 0.0221 e. The van der Waals surface area contributed by atoms with Gasteiger partial charge in [-0.05, 0) is 69.1 Å². The van der Waals surface area contributed by atoms with Crippen LogP contribution in [0.3, 0.4) is 0 Å². The van der Waals surface area contributed by atoms with E-state index in [2.05, 4.69) is 31.0 Å². The normalized spacial score (nSPS) is 51.9. The first-order chi connectivity index (χ1) is 9.56. The third-order valence-electron chi connectivity index (χ3n) is 7.02. The second kappa shape index (κ2) is 4.71. The summed E-state index contributed by atoms with van der Waals surface area (Å²) in [6.45, 7) is 9.72. The molecule has 0 aromatic rings. The van der Waals surface area contributed by atoms with Crippen molar-refractivity contribution in [2.45, 2.75) is 76.9 Å². The van der Waals surface area contributed by atoms with Crippen LogP contribution in [0.4, 0.5) is 0 Å². The van der Waals surface area contributed by atoms with Crippen LogP contribution < -0.4 is 5.32 Å². The molecule has 0 radical (unpaired) electrons. The summed E-state index contributed by atoms with van der Waals surface area (Å²) in [7, 11) is 0. The molecule has 2 nitrogen and oxygen atoms in total. The first-order valence-electron chi connectivity index (χ1n) is 9.06. The van der Waals surface area contributed by atoms with Gasteiger partial charge in [0.1, 0.15) is 0 Å². The molecule has 5 fully saturated rings. The van der Waals surface area contributed by atoms with Crippen LogP contribution in [0.5, 0.6) is 0 Å². The second-order valence-corrected chi connectivity index (χ2v) is 8.90. The van der Waals surface area contributed by atoms with Gasteiger partial charge in [0.15, 0.2) is 0 Å². The fraction of sp³-hybridized carbons (Fsp3) is 1.00. The summed E-state index contributed by atoms with van der Waals surface area (Å²) in [4.78, 5) is 2.97. The van der Waals surface area contributed by atoms with E-state index in [1.54, 1.807) is 19.3 Å². The van der Waals surface area contributed by atoms with Crippen LogP contribution in [0.25, 0.3) is 0 Å². The highest BCUT2D eigenvalue weighted by Crippen LogP contribution is 2.58. The largest absolute Gasteiger partial charge is 0.311 e. The minimum Gasteiger partial charge on any atom is -0.311 e. The maximum absolute atomic E-state index is 3.79. The minimum absolute atomic E-state index is 0.601. The quantitative estimate of drug-likeness (QED) is 0.833. The number of nitrogens with zero attached hydrogens (tertiary/aromatic N) is 1. The molecule has 0 amide bonds. The van der Waals surface area contributed by atoms with E-state index in [1.165, 1.54) is 32.4 Å². The average Bonchev–Trinajstić information content (AvgIpc) is 2.37. The molecule has 0 aromatic heterocycles. The lowest BCUT2D eigenvalue weighted by atomic mass is 9.52. The molecule has 1 aliphatic heterocycles. The molecule has 1 saturated heterocycles. The van der Waals surface area contributed by atoms with Gasteiger partial charge in [0.2, 0.25) is 0 Å². The van der Waals surface area contributed by atoms with E-state index in [0.29, 0.717) is 11.6 Å². The number of piperazine rings is 1. The molecule has 114 valence electrons. The molecular formula is C18H32N2. The zero-order chi connectivity index (χ0) is 13.9. The Labute approximate surface area is 124 Å². The van der Waals surface area contributed by atoms with Crippen molar-refractivity contribution in [3.63, 3.8) is 0 Å². The van der Waals surface area contributed by atoms with E-state index in [9.17, 15) is 0 Å². The SMILES string of the molecule is CC(C)C1CN(C23CC4CC(CC(C4)C2)C3)C(C)CN1. The lowest BCUT2D eigenvalue weighted by molar-refractivity contribution is -0.114. The molecular weight excluding hydrogens is 244 g/mol. The monoisotopic (exact) mass is 276 g/mol. The van der Waals surface area contributed by atoms with Crippen molar-refractivity contribution in [3.8, 4) is 0 Å². The molecule has 0 spiro atoms. The van der Waals surface area contributed by atoms with Crippen LogP contribution in [-0.4, -0.2) is 35.6 Å². The predicted octanol–water partition coefficient (Wildman–Crippen LogP) is 3.27. The van der Waals surface area contributed by atoms with Gasteiger partial charge >= 0.3 is 0 Å². The van der Waals surface area contributed by atoms with Gasteiger partial charge in [-0.1, -0.05) is 13.8 Å². The van der Waals surface area contributed by atoms with E-state index < -0.39 is 0 Å². The van der Waals surface area contributed by atoms with Gasteiger partial charge in [0, 0.05) is 30.7 Å². The molecule has 1 N–H and O–H groups in total. The molecule has 2 heteroatoms. The minimum atomic E-state index is 0.601. The van der Waals surface area contributed by atoms with Crippen molar-refractivity contribution in [1.82, 2.24) is 10.2 Å². The molecule has 2 atom stereocenters. The topological polar surface area (TPSA) is 15.3 Å². The van der Waals surface area contributed by atoms with Crippen LogP contribution >= 0.6 is 0 Å². The Morgan fingerprint density at radius 2 is 1.55 bits per heavy atom. The second-order valence-electron chi connectivity index (χ2n) is 8.90. The van der Waals surface area contributed by atoms with Crippen LogP contribution in [0, 0.1) is 23.7 Å². The molecule has 2 unspecified atom stereocenters. The standard InChI is InChI=1S/C18H32N2/c1-12(2)17-11-20(13(3)10-19-17)18-7-14-4-15(8-18)6-16(5-14)9-18/h12-17,19H,4-11H2,1-3H3. The average molecular weight is 276 g/mol. The Morgan fingerprint density at radius 3 is 2.05 bits per heavy atom. The van der Waals surface area contributed by atoms with Crippen LogP contribution in [0.15, 0.2) is 0 Å². The van der Waals surface area contributed by atoms with E-state index in [0.717, 1.165) is 29.7 Å². The number of hydrogen-bond acceptors (Lipinski definition) is 2. The van der Waals surface area contributed by atoms with E-state index in [4.69, 9.17) is 0 Å². The van der Waals surface area contributed by atoms with Crippen molar-refractivity contribution in [1.29, 1.82) is 0 Å². The molecule has 1 heterocycles. The van der Waals surface area contributed by atoms with Gasteiger partial charge in [0.25, 0.3) is 0 Å². The van der Waals surface area contributed by atoms with Gasteiger partial charge < -0.3 is 5.32 Å². The molecule has 4 aliphatic carbocycles. The van der Waals surface area contributed by atoms with Crippen molar-refractivity contribution >= 4 is 0 Å². The summed E-state index contributed by atoms with van der Waals surface area (Å²) in [6.07, 6.45) is 9.25. The number of hydrogen-bond donors (Lipinski definition) is 1. The maximum Gasteiger partial charge on any atom is 0.0221 e. The summed E-state index contributed by atoms with van der Waals surface area (Å²) in [5, 5.41) is 3.79. The van der Waals surface area contributed by atoms with Gasteiger partial charge in [0.05, 0.1) is 0 Å². The summed E-state index contributed by atoms with van der Waals surface area (Å²) in [6, 6.07) is 1.44. The van der Waals surface area contributed by atoms with Crippen LogP contribution in [0.2, 0.25) is 0 Å². The van der Waals surface area contributed by atoms with Crippen molar-refractivity contribution in [2.24, 2.45) is 23.7 Å². The van der Waals surface area contributed by atoms with Crippen LogP contribution in [-0.2, 0) is 0 Å². The Balaban J connectivity index is 1.58. The molecule has 4 saturated carbocycles. The fourth-order valence-corrected chi connectivity index (χ4v) is 6.41. The summed E-state index contributed by atoms with van der Waals surface area (Å²) in [5.41, 5.74) is 0.601. The van der Waals surface area contributed by atoms with Crippen molar-refractivity contribution < 1.29 is 0 Å². The Hall–Kier alpha value is -0.0800. The summed E-state index contributed by atoms with van der Waals surface area (Å²) < 4.78 is 0. The summed E-state index contributed by atoms with van der Waals surface area (Å²) in [5.74, 6) is 3.97. The maximum atomic E-state index is 3.79. The van der Waals surface area contributed by atoms with E-state index in [-0.39, 0.29) is 0 Å². The third-order valence-corrected chi connectivity index (χ3v) is 7.02. The van der Waals surface area contributed by atoms with Crippen LogP contribution in [0.1, 0.15) is 59.3 Å². The molecule has 4 bridgehead atoms. The van der Waals surface area contributed by atoms with Gasteiger partial charge in [-0.25, -0.2) is 0 Å². The third kappa shape index (κ3) is 2.06. The molecule has 20 heavy (non-hydrogen) atoms. The number of rotatable bonds is 2. The zero-order valence-corrected chi connectivity index (χ0v) is 13.6. The van der Waals surface area contributed by atoms with Gasteiger partial charge in [-0.15, -0.1) is 0 Å². The summed E-state index contributed by atoms with van der Waals surface area (Å²) >= 11 is 0. The predicted molar refractivity (Wildman–Crippen MR) is 83.7 cm³/mol. The zero-order valence-electron chi connectivity index (χ0n) is 13.6. The Bertz CT molecular complexity index is 340. The lowest BCUT2D eigenvalue weighted by Gasteiger charge is -2.63. The van der Waals surface area contributed by atoms with Crippen molar-refractivity contribution in [3.05, 3.63) is 0 Å². The first-order valence-corrected chi connectivity index (χ1v) is 9.06. The Morgan fingerprint density at radius 1 is 1.00 bits per heavy atom. The van der Waals surface area contributed by atoms with E-state index in [1.807, 2.05) is 0 Å².